The first-order valence-electron chi connectivity index (χ1n) is 7.53. The zero-order valence-corrected chi connectivity index (χ0v) is 13.3. The topological polar surface area (TPSA) is 29.1 Å². The van der Waals surface area contributed by atoms with E-state index >= 15 is 0 Å². The third-order valence-corrected chi connectivity index (χ3v) is 4.47. The Balaban J connectivity index is 2.08. The van der Waals surface area contributed by atoms with E-state index in [0.717, 1.165) is 24.3 Å². The summed E-state index contributed by atoms with van der Waals surface area (Å²) in [5.74, 6) is 1.06. The van der Waals surface area contributed by atoms with Crippen LogP contribution in [0.25, 0.3) is 0 Å². The van der Waals surface area contributed by atoms with Crippen LogP contribution in [0.4, 0.5) is 0 Å². The molecular formula is C17H24ClNO. The van der Waals surface area contributed by atoms with E-state index in [-0.39, 0.29) is 17.7 Å². The number of carbonyl (C=O) groups excluding carboxylic acids is 1. The summed E-state index contributed by atoms with van der Waals surface area (Å²) in [7, 11) is 0. The minimum Gasteiger partial charge on any atom is -0.353 e. The molecule has 0 bridgehead atoms. The second-order valence-corrected chi connectivity index (χ2v) is 6.83. The lowest BCUT2D eigenvalue weighted by Crippen LogP contribution is -2.38. The average Bonchev–Trinajstić information content (AvgIpc) is 2.77. The van der Waals surface area contributed by atoms with Crippen LogP contribution in [-0.4, -0.2) is 11.9 Å². The molecule has 0 aromatic heterocycles. The smallest absolute Gasteiger partial charge is 0.228 e. The van der Waals surface area contributed by atoms with Crippen LogP contribution in [0.1, 0.15) is 51.5 Å². The second-order valence-electron chi connectivity index (χ2n) is 6.40. The van der Waals surface area contributed by atoms with Crippen LogP contribution in [0.15, 0.2) is 24.3 Å². The van der Waals surface area contributed by atoms with Crippen molar-refractivity contribution in [3.63, 3.8) is 0 Å². The van der Waals surface area contributed by atoms with Gasteiger partial charge in [-0.3, -0.25) is 4.79 Å². The number of hydrogen-bond donors (Lipinski definition) is 1. The zero-order valence-electron chi connectivity index (χ0n) is 12.5. The molecule has 1 aliphatic carbocycles. The number of rotatable bonds is 4. The summed E-state index contributed by atoms with van der Waals surface area (Å²) < 4.78 is 0. The van der Waals surface area contributed by atoms with E-state index in [1.807, 2.05) is 24.3 Å². The Morgan fingerprint density at radius 2 is 1.90 bits per heavy atom. The van der Waals surface area contributed by atoms with Gasteiger partial charge in [-0.15, -0.1) is 0 Å². The number of nitrogens with one attached hydrogen (secondary N) is 1. The van der Waals surface area contributed by atoms with E-state index < -0.39 is 0 Å². The van der Waals surface area contributed by atoms with Gasteiger partial charge in [-0.25, -0.2) is 0 Å². The summed E-state index contributed by atoms with van der Waals surface area (Å²) in [6.45, 7) is 6.44. The molecule has 1 aliphatic rings. The molecule has 1 saturated carbocycles. The summed E-state index contributed by atoms with van der Waals surface area (Å²) in [6, 6.07) is 7.99. The van der Waals surface area contributed by atoms with Crippen LogP contribution in [-0.2, 0) is 4.79 Å². The Hall–Kier alpha value is -1.02. The fourth-order valence-electron chi connectivity index (χ4n) is 3.14. The van der Waals surface area contributed by atoms with Gasteiger partial charge in [0.15, 0.2) is 0 Å². The number of amides is 1. The van der Waals surface area contributed by atoms with E-state index in [9.17, 15) is 4.79 Å². The van der Waals surface area contributed by atoms with Gasteiger partial charge in [-0.1, -0.05) is 44.5 Å². The Kier molecular flexibility index (Phi) is 5.09. The molecular weight excluding hydrogens is 270 g/mol. The molecule has 0 heterocycles. The van der Waals surface area contributed by atoms with Gasteiger partial charge in [0.25, 0.3) is 0 Å². The summed E-state index contributed by atoms with van der Waals surface area (Å²) in [5.41, 5.74) is 1.05. The minimum atomic E-state index is -0.0943. The molecule has 2 rings (SSSR count). The van der Waals surface area contributed by atoms with E-state index in [2.05, 4.69) is 26.1 Å². The lowest BCUT2D eigenvalue weighted by atomic mass is 9.87. The highest BCUT2D eigenvalue weighted by atomic mass is 35.5. The van der Waals surface area contributed by atoms with Crippen LogP contribution in [0.2, 0.25) is 5.02 Å². The van der Waals surface area contributed by atoms with Crippen LogP contribution in [0, 0.1) is 11.8 Å². The van der Waals surface area contributed by atoms with Gasteiger partial charge >= 0.3 is 0 Å². The van der Waals surface area contributed by atoms with Crippen molar-refractivity contribution in [3.8, 4) is 0 Å². The second kappa shape index (κ2) is 6.62. The van der Waals surface area contributed by atoms with Crippen molar-refractivity contribution < 1.29 is 4.79 Å². The van der Waals surface area contributed by atoms with Crippen molar-refractivity contribution in [2.45, 2.75) is 52.0 Å². The molecule has 110 valence electrons. The number of benzene rings is 1. The van der Waals surface area contributed by atoms with Crippen molar-refractivity contribution >= 4 is 17.5 Å². The fourth-order valence-corrected chi connectivity index (χ4v) is 3.26. The average molecular weight is 294 g/mol. The van der Waals surface area contributed by atoms with Crippen LogP contribution in [0.3, 0.4) is 0 Å². The van der Waals surface area contributed by atoms with Crippen LogP contribution < -0.4 is 5.32 Å². The van der Waals surface area contributed by atoms with E-state index in [0.29, 0.717) is 11.1 Å². The molecule has 1 aromatic rings. The molecule has 20 heavy (non-hydrogen) atoms. The molecule has 1 fully saturated rings. The Labute approximate surface area is 126 Å². The maximum absolute atomic E-state index is 12.6. The fraction of sp³-hybridized carbons (Fsp3) is 0.588. The highest BCUT2D eigenvalue weighted by molar-refractivity contribution is 6.30. The number of carbonyl (C=O) groups is 1. The molecule has 1 aromatic carbocycles. The van der Waals surface area contributed by atoms with Crippen molar-refractivity contribution in [2.24, 2.45) is 11.8 Å². The summed E-state index contributed by atoms with van der Waals surface area (Å²) >= 11 is 5.93. The normalized spacial score (nSPS) is 23.9. The van der Waals surface area contributed by atoms with E-state index in [1.54, 1.807) is 0 Å². The SMILES string of the molecule is CC1CCC(NC(=O)C(c2ccc(Cl)cc2)C(C)C)C1. The van der Waals surface area contributed by atoms with Crippen molar-refractivity contribution in [1.29, 1.82) is 0 Å². The van der Waals surface area contributed by atoms with Crippen molar-refractivity contribution in [2.75, 3.05) is 0 Å². The molecule has 2 nitrogen and oxygen atoms in total. The third-order valence-electron chi connectivity index (χ3n) is 4.22. The highest BCUT2D eigenvalue weighted by Gasteiger charge is 2.28. The van der Waals surface area contributed by atoms with Gasteiger partial charge in [-0.05, 0) is 48.8 Å². The van der Waals surface area contributed by atoms with Gasteiger partial charge in [0.2, 0.25) is 5.91 Å². The Bertz CT molecular complexity index is 455. The standard InChI is InChI=1S/C17H24ClNO/c1-11(2)16(13-5-7-14(18)8-6-13)17(20)19-15-9-4-12(3)10-15/h5-8,11-12,15-16H,4,9-10H2,1-3H3,(H,19,20). The first-order chi connectivity index (χ1) is 9.47. The molecule has 3 unspecified atom stereocenters. The predicted octanol–water partition coefficient (Wildman–Crippen LogP) is 4.38. The van der Waals surface area contributed by atoms with Crippen molar-refractivity contribution in [3.05, 3.63) is 34.9 Å². The summed E-state index contributed by atoms with van der Waals surface area (Å²) in [5, 5.41) is 3.94. The molecule has 0 spiro atoms. The van der Waals surface area contributed by atoms with Gasteiger partial charge < -0.3 is 5.32 Å². The quantitative estimate of drug-likeness (QED) is 0.877. The summed E-state index contributed by atoms with van der Waals surface area (Å²) in [4.78, 5) is 12.6. The maximum Gasteiger partial charge on any atom is 0.228 e. The van der Waals surface area contributed by atoms with E-state index in [4.69, 9.17) is 11.6 Å². The third kappa shape index (κ3) is 3.76. The van der Waals surface area contributed by atoms with Crippen LogP contribution in [0.5, 0.6) is 0 Å². The lowest BCUT2D eigenvalue weighted by Gasteiger charge is -2.23. The van der Waals surface area contributed by atoms with Crippen LogP contribution >= 0.6 is 11.6 Å². The molecule has 3 heteroatoms. The van der Waals surface area contributed by atoms with Crippen molar-refractivity contribution in [1.82, 2.24) is 5.32 Å². The summed E-state index contributed by atoms with van der Waals surface area (Å²) in [6.07, 6.45) is 3.44. The van der Waals surface area contributed by atoms with Gasteiger partial charge in [-0.2, -0.15) is 0 Å². The minimum absolute atomic E-state index is 0.0943. The van der Waals surface area contributed by atoms with E-state index in [1.165, 1.54) is 6.42 Å². The molecule has 0 radical (unpaired) electrons. The monoisotopic (exact) mass is 293 g/mol. The maximum atomic E-state index is 12.6. The first-order valence-corrected chi connectivity index (χ1v) is 7.91. The largest absolute Gasteiger partial charge is 0.353 e. The zero-order chi connectivity index (χ0) is 14.7. The predicted molar refractivity (Wildman–Crippen MR) is 84.0 cm³/mol. The van der Waals surface area contributed by atoms with Gasteiger partial charge in [0, 0.05) is 11.1 Å². The molecule has 0 aliphatic heterocycles. The molecule has 1 amide bonds. The number of halogens is 1. The first kappa shape index (κ1) is 15.4. The molecule has 3 atom stereocenters. The Morgan fingerprint density at radius 1 is 1.25 bits per heavy atom. The number of hydrogen-bond acceptors (Lipinski definition) is 1. The molecule has 0 saturated heterocycles. The van der Waals surface area contributed by atoms with Gasteiger partial charge in [0.05, 0.1) is 5.92 Å². The lowest BCUT2D eigenvalue weighted by molar-refractivity contribution is -0.124. The van der Waals surface area contributed by atoms with Gasteiger partial charge in [0.1, 0.15) is 0 Å². The Morgan fingerprint density at radius 3 is 2.40 bits per heavy atom. The highest BCUT2D eigenvalue weighted by Crippen LogP contribution is 2.29. The molecule has 1 N–H and O–H groups in total.